The monoisotopic (exact) mass is 381 g/mol. The van der Waals surface area contributed by atoms with Gasteiger partial charge in [-0.15, -0.1) is 0 Å². The number of benzene rings is 2. The van der Waals surface area contributed by atoms with Gasteiger partial charge in [0.15, 0.2) is 0 Å². The number of halogens is 2. The highest BCUT2D eigenvalue weighted by atomic mass is 79.9. The first-order valence-corrected chi connectivity index (χ1v) is 9.31. The SMILES string of the molecule is Fc1ccc(-c2c(C=CCBr)c(C3CC3)nc3ccccc23)cc1. The summed E-state index contributed by atoms with van der Waals surface area (Å²) in [6, 6.07) is 15.0. The van der Waals surface area contributed by atoms with Crippen LogP contribution < -0.4 is 0 Å². The average Bonchev–Trinajstić information content (AvgIpc) is 3.44. The number of pyridine rings is 1. The van der Waals surface area contributed by atoms with E-state index in [0.29, 0.717) is 5.92 Å². The minimum atomic E-state index is -0.211. The minimum absolute atomic E-state index is 0.211. The van der Waals surface area contributed by atoms with Gasteiger partial charge in [0.1, 0.15) is 5.82 Å². The third-order valence-corrected chi connectivity index (χ3v) is 4.80. The maximum Gasteiger partial charge on any atom is 0.123 e. The number of hydrogen-bond acceptors (Lipinski definition) is 1. The first-order valence-electron chi connectivity index (χ1n) is 8.19. The number of allylic oxidation sites excluding steroid dienone is 1. The summed E-state index contributed by atoms with van der Waals surface area (Å²) < 4.78 is 13.4. The molecule has 120 valence electrons. The van der Waals surface area contributed by atoms with Crippen LogP contribution >= 0.6 is 15.9 Å². The predicted octanol–water partition coefficient (Wildman–Crippen LogP) is 6.33. The molecule has 0 amide bonds. The molecule has 1 aromatic heterocycles. The molecule has 1 heterocycles. The molecule has 0 saturated heterocycles. The summed E-state index contributed by atoms with van der Waals surface area (Å²) in [5.74, 6) is 0.334. The average molecular weight is 382 g/mol. The predicted molar refractivity (Wildman–Crippen MR) is 102 cm³/mol. The van der Waals surface area contributed by atoms with E-state index >= 15 is 0 Å². The number of alkyl halides is 1. The van der Waals surface area contributed by atoms with Crippen LogP contribution in [-0.4, -0.2) is 10.3 Å². The molecule has 0 atom stereocenters. The van der Waals surface area contributed by atoms with Crippen LogP contribution in [0.1, 0.15) is 30.0 Å². The van der Waals surface area contributed by atoms with Crippen molar-refractivity contribution in [2.24, 2.45) is 0 Å². The third-order valence-electron chi connectivity index (χ3n) is 4.43. The molecule has 0 bridgehead atoms. The summed E-state index contributed by atoms with van der Waals surface area (Å²) in [7, 11) is 0. The van der Waals surface area contributed by atoms with Crippen LogP contribution in [0.2, 0.25) is 0 Å². The standard InChI is InChI=1S/C21H17BrFN/c22-13-3-5-18-20(14-9-11-16(23)12-10-14)17-4-1-2-6-19(17)24-21(18)15-7-8-15/h1-6,9-12,15H,7-8,13H2. The molecule has 3 heteroatoms. The molecule has 4 rings (SSSR count). The fraction of sp³-hybridized carbons (Fsp3) is 0.190. The van der Waals surface area contributed by atoms with Crippen molar-refractivity contribution in [3.05, 3.63) is 71.7 Å². The van der Waals surface area contributed by atoms with Crippen molar-refractivity contribution in [2.75, 3.05) is 5.33 Å². The van der Waals surface area contributed by atoms with Gasteiger partial charge in [0, 0.05) is 27.8 Å². The summed E-state index contributed by atoms with van der Waals surface area (Å²) in [6.07, 6.45) is 6.65. The van der Waals surface area contributed by atoms with Crippen molar-refractivity contribution in [3.8, 4) is 11.1 Å². The first-order chi connectivity index (χ1) is 11.8. The van der Waals surface area contributed by atoms with Gasteiger partial charge in [0.2, 0.25) is 0 Å². The molecule has 0 aliphatic heterocycles. The van der Waals surface area contributed by atoms with Crippen LogP contribution in [0.3, 0.4) is 0 Å². The second-order valence-corrected chi connectivity index (χ2v) is 6.79. The summed E-state index contributed by atoms with van der Waals surface area (Å²) in [5.41, 5.74) is 5.54. The Labute approximate surface area is 149 Å². The van der Waals surface area contributed by atoms with Gasteiger partial charge in [0.25, 0.3) is 0 Å². The van der Waals surface area contributed by atoms with E-state index in [-0.39, 0.29) is 5.82 Å². The maximum atomic E-state index is 13.4. The molecular weight excluding hydrogens is 365 g/mol. The van der Waals surface area contributed by atoms with E-state index in [0.717, 1.165) is 27.4 Å². The van der Waals surface area contributed by atoms with Crippen LogP contribution in [-0.2, 0) is 0 Å². The Hall–Kier alpha value is -2.00. The van der Waals surface area contributed by atoms with Crippen molar-refractivity contribution in [1.29, 1.82) is 0 Å². The van der Waals surface area contributed by atoms with Crippen LogP contribution in [0.15, 0.2) is 54.6 Å². The highest BCUT2D eigenvalue weighted by Gasteiger charge is 2.29. The summed E-state index contributed by atoms with van der Waals surface area (Å²) >= 11 is 3.47. The molecular formula is C21H17BrFN. The topological polar surface area (TPSA) is 12.9 Å². The summed E-state index contributed by atoms with van der Waals surface area (Å²) in [5, 5.41) is 1.91. The molecule has 1 aliphatic rings. The van der Waals surface area contributed by atoms with Crippen LogP contribution in [0.5, 0.6) is 0 Å². The Morgan fingerprint density at radius 3 is 2.54 bits per heavy atom. The number of rotatable bonds is 4. The first kappa shape index (κ1) is 15.5. The van der Waals surface area contributed by atoms with Crippen LogP contribution in [0.4, 0.5) is 4.39 Å². The Balaban J connectivity index is 2.06. The molecule has 1 saturated carbocycles. The molecule has 24 heavy (non-hydrogen) atoms. The fourth-order valence-corrected chi connectivity index (χ4v) is 3.36. The van der Waals surface area contributed by atoms with E-state index in [1.54, 1.807) is 0 Å². The van der Waals surface area contributed by atoms with Gasteiger partial charge >= 0.3 is 0 Å². The molecule has 1 nitrogen and oxygen atoms in total. The Bertz CT molecular complexity index is 911. The molecule has 1 fully saturated rings. The summed E-state index contributed by atoms with van der Waals surface area (Å²) in [4.78, 5) is 4.95. The maximum absolute atomic E-state index is 13.4. The zero-order chi connectivity index (χ0) is 16.5. The highest BCUT2D eigenvalue weighted by molar-refractivity contribution is 9.09. The van der Waals surface area contributed by atoms with E-state index in [2.05, 4.69) is 40.2 Å². The lowest BCUT2D eigenvalue weighted by molar-refractivity contribution is 0.628. The van der Waals surface area contributed by atoms with Crippen molar-refractivity contribution in [3.63, 3.8) is 0 Å². The lowest BCUT2D eigenvalue weighted by Crippen LogP contribution is -1.98. The van der Waals surface area contributed by atoms with Gasteiger partial charge in [-0.1, -0.05) is 58.4 Å². The zero-order valence-electron chi connectivity index (χ0n) is 13.2. The zero-order valence-corrected chi connectivity index (χ0v) is 14.8. The number of fused-ring (bicyclic) bond motifs is 1. The number of hydrogen-bond donors (Lipinski definition) is 0. The lowest BCUT2D eigenvalue weighted by Gasteiger charge is -2.15. The number of nitrogens with zero attached hydrogens (tertiary/aromatic N) is 1. The molecule has 0 spiro atoms. The Morgan fingerprint density at radius 1 is 1.08 bits per heavy atom. The number of aromatic nitrogens is 1. The van der Waals surface area contributed by atoms with E-state index in [1.807, 2.05) is 24.3 Å². The second-order valence-electron chi connectivity index (χ2n) is 6.14. The molecule has 0 N–H and O–H groups in total. The van der Waals surface area contributed by atoms with Gasteiger partial charge in [-0.05, 0) is 36.6 Å². The number of para-hydroxylation sites is 1. The van der Waals surface area contributed by atoms with E-state index in [9.17, 15) is 4.39 Å². The largest absolute Gasteiger partial charge is 0.252 e. The van der Waals surface area contributed by atoms with Crippen molar-refractivity contribution in [2.45, 2.75) is 18.8 Å². The lowest BCUT2D eigenvalue weighted by atomic mass is 9.92. The summed E-state index contributed by atoms with van der Waals surface area (Å²) in [6.45, 7) is 0. The Kier molecular flexibility index (Phi) is 4.19. The Morgan fingerprint density at radius 2 is 1.83 bits per heavy atom. The quantitative estimate of drug-likeness (QED) is 0.481. The molecule has 0 unspecified atom stereocenters. The molecule has 1 aliphatic carbocycles. The van der Waals surface area contributed by atoms with Crippen LogP contribution in [0.25, 0.3) is 28.1 Å². The van der Waals surface area contributed by atoms with Gasteiger partial charge in [0.05, 0.1) is 11.2 Å². The normalized spacial score (nSPS) is 14.6. The van der Waals surface area contributed by atoms with Gasteiger partial charge in [-0.2, -0.15) is 0 Å². The van der Waals surface area contributed by atoms with Crippen molar-refractivity contribution >= 4 is 32.9 Å². The second kappa shape index (κ2) is 6.48. The minimum Gasteiger partial charge on any atom is -0.252 e. The van der Waals surface area contributed by atoms with Gasteiger partial charge in [-0.3, -0.25) is 4.98 Å². The third kappa shape index (κ3) is 2.89. The fourth-order valence-electron chi connectivity index (χ4n) is 3.17. The highest BCUT2D eigenvalue weighted by Crippen LogP contribution is 2.45. The van der Waals surface area contributed by atoms with E-state index in [1.165, 1.54) is 36.2 Å². The van der Waals surface area contributed by atoms with E-state index < -0.39 is 0 Å². The van der Waals surface area contributed by atoms with Crippen LogP contribution in [0, 0.1) is 5.82 Å². The smallest absolute Gasteiger partial charge is 0.123 e. The molecule has 3 aromatic rings. The molecule has 2 aromatic carbocycles. The van der Waals surface area contributed by atoms with Crippen molar-refractivity contribution < 1.29 is 4.39 Å². The van der Waals surface area contributed by atoms with E-state index in [4.69, 9.17) is 4.98 Å². The molecule has 0 radical (unpaired) electrons. The van der Waals surface area contributed by atoms with Crippen molar-refractivity contribution in [1.82, 2.24) is 4.98 Å². The van der Waals surface area contributed by atoms with Gasteiger partial charge in [-0.25, -0.2) is 4.39 Å². The van der Waals surface area contributed by atoms with Gasteiger partial charge < -0.3 is 0 Å².